The van der Waals surface area contributed by atoms with E-state index in [9.17, 15) is 18.0 Å². The minimum atomic E-state index is -4.45. The molecule has 4 nitrogen and oxygen atoms in total. The van der Waals surface area contributed by atoms with Crippen LogP contribution in [0.3, 0.4) is 0 Å². The predicted octanol–water partition coefficient (Wildman–Crippen LogP) is 4.34. The normalized spacial score (nSPS) is 18.9. The Labute approximate surface area is 155 Å². The zero-order chi connectivity index (χ0) is 19.2. The predicted molar refractivity (Wildman–Crippen MR) is 96.5 cm³/mol. The first-order chi connectivity index (χ1) is 12.9. The van der Waals surface area contributed by atoms with Crippen LogP contribution < -0.4 is 14.5 Å². The number of ether oxygens (including phenoxy) is 1. The molecule has 2 aliphatic heterocycles. The van der Waals surface area contributed by atoms with Crippen molar-refractivity contribution in [1.82, 2.24) is 0 Å². The summed E-state index contributed by atoms with van der Waals surface area (Å²) in [5, 5.41) is 0. The lowest BCUT2D eigenvalue weighted by molar-refractivity contribution is -0.137. The zero-order valence-electron chi connectivity index (χ0n) is 14.8. The molecule has 1 unspecified atom stereocenters. The van der Waals surface area contributed by atoms with E-state index in [0.29, 0.717) is 29.2 Å². The van der Waals surface area contributed by atoms with E-state index in [4.69, 9.17) is 4.74 Å². The van der Waals surface area contributed by atoms with Crippen LogP contribution in [0.2, 0.25) is 0 Å². The number of hydrogen-bond donors (Lipinski definition) is 0. The largest absolute Gasteiger partial charge is 0.497 e. The molecule has 1 fully saturated rings. The molecule has 2 aliphatic rings. The fourth-order valence-electron chi connectivity index (χ4n) is 3.89. The monoisotopic (exact) mass is 376 g/mol. The topological polar surface area (TPSA) is 32.8 Å². The summed E-state index contributed by atoms with van der Waals surface area (Å²) in [5.74, 6) is 0.316. The fraction of sp³-hybridized carbons (Fsp3) is 0.350. The molecule has 2 aromatic carbocycles. The lowest BCUT2D eigenvalue weighted by Gasteiger charge is -2.40. The van der Waals surface area contributed by atoms with Crippen molar-refractivity contribution in [2.24, 2.45) is 0 Å². The van der Waals surface area contributed by atoms with Crippen molar-refractivity contribution in [3.8, 4) is 5.75 Å². The summed E-state index contributed by atoms with van der Waals surface area (Å²) in [6.07, 6.45) is -2.56. The van der Waals surface area contributed by atoms with E-state index < -0.39 is 11.7 Å². The molecule has 1 saturated heterocycles. The molecule has 0 aliphatic carbocycles. The first kappa shape index (κ1) is 17.7. The van der Waals surface area contributed by atoms with E-state index in [1.807, 2.05) is 0 Å². The Bertz CT molecular complexity index is 865. The van der Waals surface area contributed by atoms with Gasteiger partial charge in [0.15, 0.2) is 0 Å². The van der Waals surface area contributed by atoms with Crippen LogP contribution in [-0.2, 0) is 6.18 Å². The lowest BCUT2D eigenvalue weighted by Crippen LogP contribution is -2.48. The smallest absolute Gasteiger partial charge is 0.416 e. The molecule has 0 saturated carbocycles. The van der Waals surface area contributed by atoms with Crippen molar-refractivity contribution < 1.29 is 22.7 Å². The summed E-state index contributed by atoms with van der Waals surface area (Å²) >= 11 is 0. The van der Waals surface area contributed by atoms with Gasteiger partial charge in [-0.25, -0.2) is 0 Å². The summed E-state index contributed by atoms with van der Waals surface area (Å²) in [7, 11) is 1.53. The lowest BCUT2D eigenvalue weighted by atomic mass is 10.0. The van der Waals surface area contributed by atoms with Gasteiger partial charge in [0.1, 0.15) is 5.75 Å². The summed E-state index contributed by atoms with van der Waals surface area (Å²) in [5.41, 5.74) is 0.694. The molecule has 2 heterocycles. The fourth-order valence-corrected chi connectivity index (χ4v) is 3.89. The van der Waals surface area contributed by atoms with E-state index in [1.165, 1.54) is 18.1 Å². The van der Waals surface area contributed by atoms with Gasteiger partial charge in [-0.1, -0.05) is 0 Å². The number of rotatable bonds is 2. The third kappa shape index (κ3) is 3.11. The molecule has 7 heteroatoms. The second-order valence-electron chi connectivity index (χ2n) is 6.83. The number of amides is 1. The van der Waals surface area contributed by atoms with E-state index in [-0.39, 0.29) is 11.9 Å². The van der Waals surface area contributed by atoms with Gasteiger partial charge in [0.05, 0.1) is 24.0 Å². The van der Waals surface area contributed by atoms with E-state index in [2.05, 4.69) is 4.90 Å². The van der Waals surface area contributed by atoms with Gasteiger partial charge in [-0.05, 0) is 55.3 Å². The van der Waals surface area contributed by atoms with Crippen LogP contribution in [0.4, 0.5) is 24.5 Å². The van der Waals surface area contributed by atoms with Gasteiger partial charge in [-0.2, -0.15) is 13.2 Å². The van der Waals surface area contributed by atoms with Crippen LogP contribution in [0.15, 0.2) is 42.5 Å². The number of alkyl halides is 3. The Morgan fingerprint density at radius 3 is 2.52 bits per heavy atom. The number of carbonyl (C=O) groups excluding carboxylic acids is 1. The summed E-state index contributed by atoms with van der Waals surface area (Å²) in [6.45, 7) is 1.19. The van der Waals surface area contributed by atoms with Crippen LogP contribution in [0, 0.1) is 0 Å². The minimum Gasteiger partial charge on any atom is -0.497 e. The zero-order valence-corrected chi connectivity index (χ0v) is 14.8. The maximum Gasteiger partial charge on any atom is 0.416 e. The number of methoxy groups -OCH3 is 1. The number of benzene rings is 2. The quantitative estimate of drug-likeness (QED) is 0.782. The highest BCUT2D eigenvalue weighted by Gasteiger charge is 2.39. The van der Waals surface area contributed by atoms with Crippen molar-refractivity contribution in [1.29, 1.82) is 0 Å². The van der Waals surface area contributed by atoms with E-state index in [0.717, 1.165) is 31.5 Å². The molecule has 1 atom stereocenters. The number of anilines is 2. The Morgan fingerprint density at radius 2 is 1.85 bits per heavy atom. The SMILES string of the molecule is COc1ccc(C(=O)N2CC3CCCN3c3ccc(C(F)(F)F)cc32)cc1. The average molecular weight is 376 g/mol. The van der Waals surface area contributed by atoms with Crippen molar-refractivity contribution in [3.05, 3.63) is 53.6 Å². The standard InChI is InChI=1S/C20H19F3N2O2/c1-27-16-7-4-13(5-8-16)19(26)25-12-15-3-2-10-24(15)17-9-6-14(11-18(17)25)20(21,22)23/h4-9,11,15H,2-3,10,12H2,1H3. The van der Waals surface area contributed by atoms with Gasteiger partial charge in [-0.15, -0.1) is 0 Å². The summed E-state index contributed by atoms with van der Waals surface area (Å²) in [6, 6.07) is 10.4. The molecule has 27 heavy (non-hydrogen) atoms. The molecule has 0 bridgehead atoms. The molecular formula is C20H19F3N2O2. The Morgan fingerprint density at radius 1 is 1.11 bits per heavy atom. The number of hydrogen-bond acceptors (Lipinski definition) is 3. The molecule has 142 valence electrons. The van der Waals surface area contributed by atoms with Gasteiger partial charge >= 0.3 is 6.18 Å². The highest BCUT2D eigenvalue weighted by molar-refractivity contribution is 6.08. The maximum atomic E-state index is 13.2. The molecule has 0 spiro atoms. The van der Waals surface area contributed by atoms with Crippen molar-refractivity contribution >= 4 is 17.3 Å². The Hall–Kier alpha value is -2.70. The summed E-state index contributed by atoms with van der Waals surface area (Å²) < 4.78 is 44.8. The van der Waals surface area contributed by atoms with Gasteiger partial charge < -0.3 is 14.5 Å². The number of fused-ring (bicyclic) bond motifs is 3. The van der Waals surface area contributed by atoms with Crippen LogP contribution >= 0.6 is 0 Å². The Balaban J connectivity index is 1.76. The third-order valence-corrected chi connectivity index (χ3v) is 5.26. The van der Waals surface area contributed by atoms with Gasteiger partial charge in [-0.3, -0.25) is 4.79 Å². The van der Waals surface area contributed by atoms with Crippen LogP contribution in [-0.4, -0.2) is 32.1 Å². The van der Waals surface area contributed by atoms with E-state index in [1.54, 1.807) is 24.3 Å². The molecule has 0 radical (unpaired) electrons. The molecule has 2 aromatic rings. The van der Waals surface area contributed by atoms with Crippen LogP contribution in [0.25, 0.3) is 0 Å². The molecule has 0 N–H and O–H groups in total. The third-order valence-electron chi connectivity index (χ3n) is 5.26. The first-order valence-corrected chi connectivity index (χ1v) is 8.82. The average Bonchev–Trinajstić information content (AvgIpc) is 3.14. The van der Waals surface area contributed by atoms with Gasteiger partial charge in [0.2, 0.25) is 0 Å². The van der Waals surface area contributed by atoms with E-state index >= 15 is 0 Å². The highest BCUT2D eigenvalue weighted by atomic mass is 19.4. The van der Waals surface area contributed by atoms with Crippen molar-refractivity contribution in [3.63, 3.8) is 0 Å². The maximum absolute atomic E-state index is 13.2. The highest BCUT2D eigenvalue weighted by Crippen LogP contribution is 2.43. The minimum absolute atomic E-state index is 0.136. The molecule has 0 aromatic heterocycles. The Kier molecular flexibility index (Phi) is 4.25. The number of halogens is 3. The summed E-state index contributed by atoms with van der Waals surface area (Å²) in [4.78, 5) is 16.7. The first-order valence-electron chi connectivity index (χ1n) is 8.82. The van der Waals surface area contributed by atoms with Crippen LogP contribution in [0.5, 0.6) is 5.75 Å². The van der Waals surface area contributed by atoms with Crippen molar-refractivity contribution in [2.45, 2.75) is 25.1 Å². The van der Waals surface area contributed by atoms with Gasteiger partial charge in [0.25, 0.3) is 5.91 Å². The molecular weight excluding hydrogens is 357 g/mol. The van der Waals surface area contributed by atoms with Crippen molar-refractivity contribution in [2.75, 3.05) is 30.0 Å². The van der Waals surface area contributed by atoms with Gasteiger partial charge in [0, 0.05) is 24.7 Å². The number of nitrogens with zero attached hydrogens (tertiary/aromatic N) is 2. The second kappa shape index (κ2) is 6.48. The molecule has 4 rings (SSSR count). The molecule has 1 amide bonds. The van der Waals surface area contributed by atoms with Crippen LogP contribution in [0.1, 0.15) is 28.8 Å². The number of carbonyl (C=O) groups is 1. The second-order valence-corrected chi connectivity index (χ2v) is 6.83.